The lowest BCUT2D eigenvalue weighted by molar-refractivity contribution is -0.685. The summed E-state index contributed by atoms with van der Waals surface area (Å²) in [5.41, 5.74) is 3.51. The summed E-state index contributed by atoms with van der Waals surface area (Å²) in [7, 11) is 2.11. The third-order valence-electron chi connectivity index (χ3n) is 5.36. The van der Waals surface area contributed by atoms with E-state index in [9.17, 15) is 0 Å². The van der Waals surface area contributed by atoms with E-state index in [2.05, 4.69) is 86.0 Å². The number of halogens is 2. The summed E-state index contributed by atoms with van der Waals surface area (Å²) < 4.78 is 3.50. The van der Waals surface area contributed by atoms with Crippen molar-refractivity contribution in [3.8, 4) is 0 Å². The van der Waals surface area contributed by atoms with Crippen LogP contribution in [0.25, 0.3) is 6.08 Å². The van der Waals surface area contributed by atoms with Gasteiger partial charge in [0.25, 0.3) is 5.01 Å². The number of hydrogen-bond acceptors (Lipinski definition) is 6. The number of aromatic nitrogens is 1. The van der Waals surface area contributed by atoms with Crippen LogP contribution in [0.4, 0.5) is 5.69 Å². The molecule has 2 aliphatic rings. The highest BCUT2D eigenvalue weighted by atomic mass is 79.9. The van der Waals surface area contributed by atoms with Crippen molar-refractivity contribution in [2.75, 3.05) is 18.5 Å². The molecule has 1 aromatic carbocycles. The van der Waals surface area contributed by atoms with E-state index >= 15 is 0 Å². The Kier molecular flexibility index (Phi) is 6.53. The third-order valence-corrected chi connectivity index (χ3v) is 10.8. The standard InChI is InChI=1S/C23H20BrClN3S4/c1-4-28-14(2)21(23-26(3)17-11-16(25)5-6-18(17)31-23)32-20(28)12-19-27(8-10-29-19)13-15-7-9-30-22(15)24/h5-12H,2,4,13H2,1,3H3/q+1/b23-21+. The summed E-state index contributed by atoms with van der Waals surface area (Å²) in [4.78, 5) is 6.98. The molecule has 0 spiro atoms. The monoisotopic (exact) mass is 580 g/mol. The maximum absolute atomic E-state index is 6.25. The minimum absolute atomic E-state index is 0.760. The molecule has 2 aliphatic heterocycles. The normalized spacial score (nSPS) is 19.5. The number of rotatable bonds is 4. The number of likely N-dealkylation sites (N-methyl/N-ethyl adjacent to an activating group) is 1. The zero-order valence-electron chi connectivity index (χ0n) is 17.5. The average molecular weight is 582 g/mol. The van der Waals surface area contributed by atoms with Crippen molar-refractivity contribution in [1.82, 2.24) is 4.90 Å². The van der Waals surface area contributed by atoms with E-state index in [0.717, 1.165) is 29.5 Å². The maximum atomic E-state index is 6.25. The van der Waals surface area contributed by atoms with Gasteiger partial charge in [-0.05, 0) is 52.5 Å². The van der Waals surface area contributed by atoms with Gasteiger partial charge in [0.2, 0.25) is 0 Å². The summed E-state index contributed by atoms with van der Waals surface area (Å²) in [5.74, 6) is 0. The van der Waals surface area contributed by atoms with Crippen LogP contribution in [0.3, 0.4) is 0 Å². The number of nitrogens with zero attached hydrogens (tertiary/aromatic N) is 3. The van der Waals surface area contributed by atoms with Gasteiger partial charge in [0, 0.05) is 29.1 Å². The second-order valence-corrected chi connectivity index (χ2v) is 12.9. The van der Waals surface area contributed by atoms with Gasteiger partial charge in [0.15, 0.2) is 12.7 Å². The summed E-state index contributed by atoms with van der Waals surface area (Å²) in [6.45, 7) is 8.36. The number of fused-ring (bicyclic) bond motifs is 1. The highest BCUT2D eigenvalue weighted by Crippen LogP contribution is 2.54. The number of benzene rings is 1. The Hall–Kier alpha value is -1.16. The van der Waals surface area contributed by atoms with E-state index in [-0.39, 0.29) is 0 Å². The van der Waals surface area contributed by atoms with Crippen LogP contribution in [0, 0.1) is 0 Å². The molecule has 32 heavy (non-hydrogen) atoms. The zero-order chi connectivity index (χ0) is 22.4. The SMILES string of the molecule is C=C1/C(=C2\Sc3ccc(Cl)cc3N2C)S/C(=C\c2scc[n+]2Cc2ccsc2Br)N1CC. The molecule has 1 fully saturated rings. The lowest BCUT2D eigenvalue weighted by Gasteiger charge is -2.18. The third kappa shape index (κ3) is 4.10. The predicted molar refractivity (Wildman–Crippen MR) is 145 cm³/mol. The number of thioether (sulfide) groups is 2. The van der Waals surface area contributed by atoms with Crippen LogP contribution in [0.1, 0.15) is 17.5 Å². The molecule has 3 nitrogen and oxygen atoms in total. The molecule has 0 radical (unpaired) electrons. The van der Waals surface area contributed by atoms with E-state index in [1.54, 1.807) is 46.2 Å². The fourth-order valence-corrected chi connectivity index (χ4v) is 8.47. The minimum Gasteiger partial charge on any atom is -0.337 e. The van der Waals surface area contributed by atoms with Crippen LogP contribution in [-0.2, 0) is 6.54 Å². The molecule has 0 amide bonds. The quantitative estimate of drug-likeness (QED) is 0.290. The smallest absolute Gasteiger partial charge is 0.264 e. The van der Waals surface area contributed by atoms with Crippen LogP contribution in [0.2, 0.25) is 5.02 Å². The van der Waals surface area contributed by atoms with Crippen molar-refractivity contribution in [3.63, 3.8) is 0 Å². The van der Waals surface area contributed by atoms with E-state index < -0.39 is 0 Å². The molecule has 3 aromatic rings. The first kappa shape index (κ1) is 22.6. The minimum atomic E-state index is 0.760. The predicted octanol–water partition coefficient (Wildman–Crippen LogP) is 7.85. The van der Waals surface area contributed by atoms with Crippen molar-refractivity contribution in [2.24, 2.45) is 0 Å². The van der Waals surface area contributed by atoms with Gasteiger partial charge >= 0.3 is 0 Å². The van der Waals surface area contributed by atoms with Gasteiger partial charge in [0.05, 0.1) is 41.6 Å². The molecule has 5 rings (SSSR count). The summed E-state index contributed by atoms with van der Waals surface area (Å²) in [6.07, 6.45) is 4.45. The number of anilines is 1. The van der Waals surface area contributed by atoms with Crippen molar-refractivity contribution in [1.29, 1.82) is 0 Å². The molecule has 0 unspecified atom stereocenters. The highest BCUT2D eigenvalue weighted by molar-refractivity contribution is 9.11. The van der Waals surface area contributed by atoms with E-state index in [0.29, 0.717) is 0 Å². The Morgan fingerprint density at radius 2 is 2.03 bits per heavy atom. The molecule has 0 saturated carbocycles. The van der Waals surface area contributed by atoms with Gasteiger partial charge in [-0.3, -0.25) is 0 Å². The van der Waals surface area contributed by atoms with Gasteiger partial charge in [0.1, 0.15) is 0 Å². The molecule has 1 saturated heterocycles. The van der Waals surface area contributed by atoms with E-state index in [1.165, 1.54) is 34.2 Å². The summed E-state index contributed by atoms with van der Waals surface area (Å²) in [5, 5.41) is 8.68. The van der Waals surface area contributed by atoms with E-state index in [1.807, 2.05) is 12.1 Å². The number of thiazole rings is 1. The van der Waals surface area contributed by atoms with Crippen LogP contribution >= 0.6 is 73.7 Å². The van der Waals surface area contributed by atoms with Crippen LogP contribution in [0.5, 0.6) is 0 Å². The van der Waals surface area contributed by atoms with Crippen molar-refractivity contribution >= 4 is 85.5 Å². The van der Waals surface area contributed by atoms with Gasteiger partial charge in [-0.25, -0.2) is 0 Å². The number of thiophene rings is 1. The fraction of sp³-hybridized carbons (Fsp3) is 0.174. The largest absolute Gasteiger partial charge is 0.337 e. The Bertz CT molecular complexity index is 1280. The fourth-order valence-electron chi connectivity index (χ4n) is 3.70. The van der Waals surface area contributed by atoms with Gasteiger partial charge in [-0.2, -0.15) is 4.57 Å². The Morgan fingerprint density at radius 1 is 1.19 bits per heavy atom. The second-order valence-electron chi connectivity index (χ2n) is 7.27. The molecule has 4 heterocycles. The first-order valence-electron chi connectivity index (χ1n) is 9.96. The molecular weight excluding hydrogens is 562 g/mol. The van der Waals surface area contributed by atoms with Crippen LogP contribution in [0.15, 0.2) is 77.1 Å². The molecule has 0 aliphatic carbocycles. The van der Waals surface area contributed by atoms with Crippen LogP contribution < -0.4 is 9.47 Å². The van der Waals surface area contributed by atoms with Gasteiger partial charge < -0.3 is 9.80 Å². The van der Waals surface area contributed by atoms with Gasteiger partial charge in [-0.15, -0.1) is 11.3 Å². The van der Waals surface area contributed by atoms with Crippen molar-refractivity contribution in [2.45, 2.75) is 18.4 Å². The highest BCUT2D eigenvalue weighted by Gasteiger charge is 2.34. The molecule has 0 bridgehead atoms. The molecule has 0 N–H and O–H groups in total. The molecule has 9 heteroatoms. The first-order valence-corrected chi connectivity index (χ1v) is 14.5. The molecule has 164 valence electrons. The molecular formula is C23H20BrClN3S4+. The van der Waals surface area contributed by atoms with E-state index in [4.69, 9.17) is 11.6 Å². The topological polar surface area (TPSA) is 10.4 Å². The zero-order valence-corrected chi connectivity index (χ0v) is 23.1. The first-order chi connectivity index (χ1) is 15.5. The molecule has 2 aromatic heterocycles. The van der Waals surface area contributed by atoms with Crippen molar-refractivity contribution < 1.29 is 4.57 Å². The second kappa shape index (κ2) is 9.24. The van der Waals surface area contributed by atoms with Gasteiger partial charge in [-0.1, -0.05) is 53.0 Å². The lowest BCUT2D eigenvalue weighted by Crippen LogP contribution is -2.34. The van der Waals surface area contributed by atoms with Crippen LogP contribution in [-0.4, -0.2) is 18.5 Å². The maximum Gasteiger partial charge on any atom is 0.264 e. The number of hydrogen-bond donors (Lipinski definition) is 0. The summed E-state index contributed by atoms with van der Waals surface area (Å²) >= 11 is 17.0. The van der Waals surface area contributed by atoms with Crippen molar-refractivity contribution in [3.05, 3.63) is 87.8 Å². The lowest BCUT2D eigenvalue weighted by atomic mass is 10.3. The average Bonchev–Trinajstić information content (AvgIpc) is 3.52. The Morgan fingerprint density at radius 3 is 2.78 bits per heavy atom. The Balaban J connectivity index is 1.48. The molecule has 0 atom stereocenters. The summed E-state index contributed by atoms with van der Waals surface area (Å²) in [6, 6.07) is 8.27. The Labute approximate surface area is 218 Å².